The Morgan fingerprint density at radius 1 is 1.50 bits per heavy atom. The van der Waals surface area contributed by atoms with Crippen LogP contribution in [0.25, 0.3) is 0 Å². The summed E-state index contributed by atoms with van der Waals surface area (Å²) in [5.41, 5.74) is 0. The normalized spacial score (nSPS) is 14.9. The minimum absolute atomic E-state index is 0.225. The molecule has 60 valence electrons. The van der Waals surface area contributed by atoms with Gasteiger partial charge >= 0.3 is 0 Å². The van der Waals surface area contributed by atoms with Gasteiger partial charge in [0.2, 0.25) is 0 Å². The first-order chi connectivity index (χ1) is 4.68. The Hall–Kier alpha value is -0.340. The van der Waals surface area contributed by atoms with Crippen molar-refractivity contribution in [1.29, 1.82) is 0 Å². The summed E-state index contributed by atoms with van der Waals surface area (Å²) in [5.74, 6) is 0. The zero-order chi connectivity index (χ0) is 7.98. The molecule has 1 N–H and O–H groups in total. The Balaban J connectivity index is 3.38. The van der Waals surface area contributed by atoms with Gasteiger partial charge in [0.1, 0.15) is 0 Å². The second-order valence-corrected chi connectivity index (χ2v) is 2.54. The van der Waals surface area contributed by atoms with Crippen molar-refractivity contribution >= 4 is 0 Å². The van der Waals surface area contributed by atoms with Gasteiger partial charge in [0.25, 0.3) is 0 Å². The van der Waals surface area contributed by atoms with Gasteiger partial charge in [-0.15, -0.1) is 0 Å². The fourth-order valence-corrected chi connectivity index (χ4v) is 0.612. The lowest BCUT2D eigenvalue weighted by molar-refractivity contribution is -0.0956. The van der Waals surface area contributed by atoms with Crippen molar-refractivity contribution in [2.75, 3.05) is 7.05 Å². The first-order valence-electron chi connectivity index (χ1n) is 3.75. The molecule has 0 fully saturated rings. The average Bonchev–Trinajstić information content (AvgIpc) is 1.88. The molecule has 0 saturated heterocycles. The summed E-state index contributed by atoms with van der Waals surface area (Å²) in [6, 6.07) is 0.225. The molecule has 10 heavy (non-hydrogen) atoms. The maximum Gasteiger partial charge on any atom is 0.0353 e. The van der Waals surface area contributed by atoms with Gasteiger partial charge in [-0.05, 0) is 19.8 Å². The lowest BCUT2D eigenvalue weighted by Gasteiger charge is -2.15. The highest BCUT2D eigenvalue weighted by atomic mass is 16.5. The molecule has 1 unspecified atom stereocenters. The summed E-state index contributed by atoms with van der Waals surface area (Å²) >= 11 is 0. The van der Waals surface area contributed by atoms with Crippen molar-refractivity contribution in [3.05, 3.63) is 12.2 Å². The molecule has 0 aliphatic heterocycles. The fraction of sp³-hybridized carbons (Fsp3) is 0.750. The zero-order valence-corrected chi connectivity index (χ0v) is 7.04. The van der Waals surface area contributed by atoms with Crippen LogP contribution >= 0.6 is 0 Å². The van der Waals surface area contributed by atoms with E-state index in [0.29, 0.717) is 0 Å². The summed E-state index contributed by atoms with van der Waals surface area (Å²) in [6.07, 6.45) is 6.19. The van der Waals surface area contributed by atoms with Gasteiger partial charge in [0.05, 0.1) is 0 Å². The second-order valence-electron chi connectivity index (χ2n) is 2.54. The zero-order valence-electron chi connectivity index (χ0n) is 7.04. The summed E-state index contributed by atoms with van der Waals surface area (Å²) < 4.78 is 0. The Kier molecular flexibility index (Phi) is 5.26. The van der Waals surface area contributed by atoms with Crippen LogP contribution in [0.3, 0.4) is 0 Å². The van der Waals surface area contributed by atoms with E-state index in [1.165, 1.54) is 5.06 Å². The van der Waals surface area contributed by atoms with Gasteiger partial charge in [-0.25, -0.2) is 0 Å². The van der Waals surface area contributed by atoms with Crippen LogP contribution in [0.2, 0.25) is 0 Å². The summed E-state index contributed by atoms with van der Waals surface area (Å²) in [5, 5.41) is 10.2. The molecular formula is C8H17NO. The molecule has 0 bridgehead atoms. The molecule has 0 radical (unpaired) electrons. The van der Waals surface area contributed by atoms with E-state index in [1.54, 1.807) is 7.05 Å². The highest BCUT2D eigenvalue weighted by Crippen LogP contribution is 1.98. The van der Waals surface area contributed by atoms with Gasteiger partial charge in [0.15, 0.2) is 0 Å². The largest absolute Gasteiger partial charge is 0.314 e. The van der Waals surface area contributed by atoms with E-state index >= 15 is 0 Å². The van der Waals surface area contributed by atoms with E-state index in [-0.39, 0.29) is 6.04 Å². The number of nitrogens with zero attached hydrogens (tertiary/aromatic N) is 1. The predicted molar refractivity (Wildman–Crippen MR) is 43.1 cm³/mol. The molecular weight excluding hydrogens is 126 g/mol. The van der Waals surface area contributed by atoms with Crippen molar-refractivity contribution in [1.82, 2.24) is 5.06 Å². The molecule has 0 heterocycles. The molecule has 0 aromatic carbocycles. The summed E-state index contributed by atoms with van der Waals surface area (Å²) in [4.78, 5) is 0. The quantitative estimate of drug-likeness (QED) is 0.481. The van der Waals surface area contributed by atoms with Crippen LogP contribution in [0.4, 0.5) is 0 Å². The molecule has 0 aromatic rings. The third kappa shape index (κ3) is 4.53. The molecule has 0 spiro atoms. The van der Waals surface area contributed by atoms with Crippen molar-refractivity contribution in [2.24, 2.45) is 0 Å². The fourth-order valence-electron chi connectivity index (χ4n) is 0.612. The van der Waals surface area contributed by atoms with E-state index < -0.39 is 0 Å². The van der Waals surface area contributed by atoms with Crippen LogP contribution in [0, 0.1) is 0 Å². The Morgan fingerprint density at radius 2 is 2.10 bits per heavy atom. The Morgan fingerprint density at radius 3 is 2.50 bits per heavy atom. The van der Waals surface area contributed by atoms with Crippen LogP contribution < -0.4 is 0 Å². The minimum Gasteiger partial charge on any atom is -0.314 e. The maximum atomic E-state index is 8.92. The number of hydroxylamine groups is 2. The van der Waals surface area contributed by atoms with Gasteiger partial charge in [-0.1, -0.05) is 19.1 Å². The van der Waals surface area contributed by atoms with Crippen LogP contribution in [0.15, 0.2) is 12.2 Å². The third-order valence-corrected chi connectivity index (χ3v) is 1.52. The van der Waals surface area contributed by atoms with E-state index in [1.807, 2.05) is 6.92 Å². The van der Waals surface area contributed by atoms with Gasteiger partial charge in [-0.2, -0.15) is 5.06 Å². The molecule has 1 atom stereocenters. The lowest BCUT2D eigenvalue weighted by Crippen LogP contribution is -2.24. The van der Waals surface area contributed by atoms with E-state index in [2.05, 4.69) is 19.1 Å². The van der Waals surface area contributed by atoms with Crippen molar-refractivity contribution in [3.8, 4) is 0 Å². The van der Waals surface area contributed by atoms with E-state index in [4.69, 9.17) is 5.21 Å². The lowest BCUT2D eigenvalue weighted by atomic mass is 10.2. The van der Waals surface area contributed by atoms with Crippen LogP contribution in [0.1, 0.15) is 26.7 Å². The number of hydrogen-bond donors (Lipinski definition) is 1. The van der Waals surface area contributed by atoms with Gasteiger partial charge in [-0.3, -0.25) is 0 Å². The standard InChI is InChI=1S/C8H17NO/c1-4-5-6-7-8(2)9(3)10/h5-6,8,10H,4,7H2,1-3H3/b6-5-. The van der Waals surface area contributed by atoms with Crippen LogP contribution in [0.5, 0.6) is 0 Å². The summed E-state index contributed by atoms with van der Waals surface area (Å²) in [6.45, 7) is 4.09. The van der Waals surface area contributed by atoms with Crippen molar-refractivity contribution in [3.63, 3.8) is 0 Å². The molecule has 2 heteroatoms. The molecule has 2 nitrogen and oxygen atoms in total. The van der Waals surface area contributed by atoms with Crippen LogP contribution in [-0.4, -0.2) is 23.4 Å². The molecule has 0 amide bonds. The SMILES string of the molecule is CC/C=C\CC(C)N(C)O. The van der Waals surface area contributed by atoms with Gasteiger partial charge < -0.3 is 5.21 Å². The molecule has 0 rings (SSSR count). The Bertz CT molecular complexity index is 99.4. The monoisotopic (exact) mass is 143 g/mol. The smallest absolute Gasteiger partial charge is 0.0353 e. The minimum atomic E-state index is 0.225. The number of rotatable bonds is 4. The van der Waals surface area contributed by atoms with Crippen molar-refractivity contribution < 1.29 is 5.21 Å². The summed E-state index contributed by atoms with van der Waals surface area (Å²) in [7, 11) is 1.67. The first-order valence-corrected chi connectivity index (χ1v) is 3.75. The van der Waals surface area contributed by atoms with Crippen LogP contribution in [-0.2, 0) is 0 Å². The third-order valence-electron chi connectivity index (χ3n) is 1.52. The first kappa shape index (κ1) is 9.66. The topological polar surface area (TPSA) is 23.5 Å². The molecule has 0 aromatic heterocycles. The van der Waals surface area contributed by atoms with E-state index in [0.717, 1.165) is 12.8 Å². The number of hydrogen-bond acceptors (Lipinski definition) is 2. The molecule has 0 aliphatic rings. The van der Waals surface area contributed by atoms with Crippen molar-refractivity contribution in [2.45, 2.75) is 32.7 Å². The van der Waals surface area contributed by atoms with Gasteiger partial charge in [0, 0.05) is 13.1 Å². The maximum absolute atomic E-state index is 8.92. The molecule has 0 saturated carbocycles. The van der Waals surface area contributed by atoms with E-state index in [9.17, 15) is 0 Å². The predicted octanol–water partition coefficient (Wildman–Crippen LogP) is 2.05. The average molecular weight is 143 g/mol. The highest BCUT2D eigenvalue weighted by Gasteiger charge is 2.01. The Labute approximate surface area is 63.1 Å². The molecule has 0 aliphatic carbocycles. The second kappa shape index (κ2) is 5.45. The number of allylic oxidation sites excluding steroid dienone is 1. The highest BCUT2D eigenvalue weighted by molar-refractivity contribution is 4.83.